The van der Waals surface area contributed by atoms with Gasteiger partial charge in [0.2, 0.25) is 0 Å². The number of rotatable bonds is 31. The highest BCUT2D eigenvalue weighted by Crippen LogP contribution is 2.40. The quantitative estimate of drug-likeness (QED) is 0.0182. The smallest absolute Gasteiger partial charge is 0.176 e. The molecular weight excluding hydrogens is 1770 g/mol. The van der Waals surface area contributed by atoms with Crippen LogP contribution < -0.4 is 26.6 Å². The molecule has 3 unspecified atom stereocenters. The van der Waals surface area contributed by atoms with Gasteiger partial charge in [-0.05, 0) is 299 Å². The van der Waals surface area contributed by atoms with Gasteiger partial charge in [-0.2, -0.15) is 9.36 Å². The molecule has 23 rings (SSSR count). The predicted molar refractivity (Wildman–Crippen MR) is 558 cm³/mol. The molecule has 4 aliphatic carbocycles. The maximum atomic E-state index is 4.57. The molecule has 0 spiro atoms. The molecule has 3 fully saturated rings. The minimum absolute atomic E-state index is 0.0619. The van der Waals surface area contributed by atoms with E-state index in [1.165, 1.54) is 166 Å². The number of hydrogen-bond acceptors (Lipinski definition) is 22. The van der Waals surface area contributed by atoms with Crippen LogP contribution in [0.5, 0.6) is 0 Å². The molecule has 33 heteroatoms. The number of H-pyrrole nitrogens is 4. The van der Waals surface area contributed by atoms with Crippen LogP contribution >= 0.6 is 0 Å². The topological polar surface area (TPSA) is 377 Å². The van der Waals surface area contributed by atoms with Crippen LogP contribution in [0.15, 0.2) is 244 Å². The van der Waals surface area contributed by atoms with Crippen molar-refractivity contribution in [3.05, 3.63) is 301 Å². The summed E-state index contributed by atoms with van der Waals surface area (Å²) >= 11 is 0. The lowest BCUT2D eigenvalue weighted by molar-refractivity contribution is 0.217. The number of nitrogens with one attached hydrogen (secondary N) is 9. The van der Waals surface area contributed by atoms with Crippen LogP contribution in [0.4, 0.5) is 5.82 Å². The molecule has 0 radical (unpaired) electrons. The van der Waals surface area contributed by atoms with Crippen LogP contribution in [0, 0.1) is 11.8 Å². The third-order valence-electron chi connectivity index (χ3n) is 29.1. The lowest BCUT2D eigenvalue weighted by atomic mass is 9.80. The molecule has 3 saturated carbocycles. The fraction of sp³-hybridized carbons (Fsp3) is 0.404. The summed E-state index contributed by atoms with van der Waals surface area (Å²) < 4.78 is 14.0. The van der Waals surface area contributed by atoms with Crippen molar-refractivity contribution in [2.45, 2.75) is 230 Å². The molecule has 19 aromatic rings. The Labute approximate surface area is 827 Å². The summed E-state index contributed by atoms with van der Waals surface area (Å²) in [5.41, 5.74) is 14.6. The number of para-hydroxylation sites is 4. The van der Waals surface area contributed by atoms with Gasteiger partial charge in [-0.15, -0.1) is 25.5 Å². The van der Waals surface area contributed by atoms with E-state index in [1.807, 2.05) is 56.2 Å². The Bertz CT molecular complexity index is 7250. The van der Waals surface area contributed by atoms with Gasteiger partial charge in [0, 0.05) is 144 Å². The summed E-state index contributed by atoms with van der Waals surface area (Å²) in [6.07, 6.45) is 47.9. The van der Waals surface area contributed by atoms with Crippen molar-refractivity contribution < 1.29 is 0 Å². The minimum atomic E-state index is -0.390. The maximum Gasteiger partial charge on any atom is 0.176 e. The standard InChI is InChI=1S/C26H29N7.C24H27N7.C23H25N7.C20H28N6.C16H24N6/c1-32-16-12-19-9-10-21(17-24(19)32)33-25(29-30-31-33)26(13-5-2-6-14-26)28-15-11-20-18-27-23-8-4-3-7-22(20)23;1-2-8-19(9-3-1)23(24-28-29-30-31(24)17-18-7-6-13-25-15-18)26-14-12-20-16-27-22-11-5-4-10-21(20)22;1-23(2,25-12-10-17-15-24-20-7-5-4-6-19(17)20)22-26-27-28-30(22)18-9-8-16-11-13-29(3)21(16)14-18;1-20(2,19-23-24-25-26(19)16-8-4-3-5-9-16)22-13-12-15-14-21-18-11-7-6-10-17(15)18;1-12(2)15(18-14-10-6-7-11-17-14)16-19-20-21-22(16)13-8-4-3-5-9-13/h3-4,7-10,12,16-18,27-28H,2,5-6,11,13-15H2,1H3;1-2,4-7,10-11,13,15-16,19,23,26-27H,3,8-9,12,14,17H2;4-9,11,13-15,24-25H,10,12H2,1-3H3;6-7,10-11,14,16,21-22H,3-5,8-9,12-13H2,1-2H3;6-7,10-13,15H,3-5,8-9H2,1-2H3,(H,17,18). The number of pyridine rings is 2. The molecule has 9 N–H and O–H groups in total. The van der Waals surface area contributed by atoms with Gasteiger partial charge in [-0.25, -0.2) is 19.0 Å². The summed E-state index contributed by atoms with van der Waals surface area (Å²) in [6.45, 7) is 17.0. The van der Waals surface area contributed by atoms with Gasteiger partial charge in [-0.3, -0.25) is 4.98 Å². The minimum Gasteiger partial charge on any atom is -0.361 e. The number of aromatic amines is 4. The van der Waals surface area contributed by atoms with Crippen LogP contribution in [-0.4, -0.2) is 166 Å². The first-order valence-electron chi connectivity index (χ1n) is 51.0. The summed E-state index contributed by atoms with van der Waals surface area (Å²) in [5, 5.41) is 89.7. The molecule has 0 bridgehead atoms. The second-order valence-electron chi connectivity index (χ2n) is 39.9. The van der Waals surface area contributed by atoms with E-state index in [0.717, 1.165) is 141 Å². The zero-order chi connectivity index (χ0) is 97.2. The molecule has 13 heterocycles. The van der Waals surface area contributed by atoms with E-state index in [2.05, 4.69) is 398 Å². The number of anilines is 1. The van der Waals surface area contributed by atoms with E-state index in [1.54, 1.807) is 12.4 Å². The number of hydrogen-bond donors (Lipinski definition) is 9. The highest BCUT2D eigenvalue weighted by molar-refractivity contribution is 5.86. The number of nitrogens with zero attached hydrogens (tertiary/aromatic N) is 24. The van der Waals surface area contributed by atoms with Crippen molar-refractivity contribution in [2.75, 3.05) is 31.5 Å². The van der Waals surface area contributed by atoms with Crippen LogP contribution in [0.2, 0.25) is 0 Å². The average molecular weight is 1910 g/mol. The van der Waals surface area contributed by atoms with Gasteiger partial charge in [0.05, 0.1) is 58.7 Å². The Morgan fingerprint density at radius 2 is 0.951 bits per heavy atom. The normalized spacial score (nSPS) is 15.8. The highest BCUT2D eigenvalue weighted by atomic mass is 15.6. The van der Waals surface area contributed by atoms with Crippen LogP contribution in [0.1, 0.15) is 238 Å². The highest BCUT2D eigenvalue weighted by Gasteiger charge is 2.40. The third-order valence-corrected chi connectivity index (χ3v) is 29.1. The van der Waals surface area contributed by atoms with Crippen molar-refractivity contribution >= 4 is 71.2 Å². The predicted octanol–water partition coefficient (Wildman–Crippen LogP) is 19.3. The van der Waals surface area contributed by atoms with E-state index in [-0.39, 0.29) is 23.2 Å². The summed E-state index contributed by atoms with van der Waals surface area (Å²) in [6, 6.07) is 61.7. The summed E-state index contributed by atoms with van der Waals surface area (Å²) in [7, 11) is 4.12. The number of aromatic nitrogens is 28. The zero-order valence-electron chi connectivity index (χ0n) is 82.9. The second kappa shape index (κ2) is 45.0. The average Bonchev–Trinajstić information content (AvgIpc) is 1.48. The molecule has 142 heavy (non-hydrogen) atoms. The first kappa shape index (κ1) is 96.5. The molecule has 0 aliphatic heterocycles. The van der Waals surface area contributed by atoms with Gasteiger partial charge in [0.1, 0.15) is 5.82 Å². The van der Waals surface area contributed by atoms with Gasteiger partial charge in [-0.1, -0.05) is 181 Å². The largest absolute Gasteiger partial charge is 0.361 e. The molecule has 0 amide bonds. The Morgan fingerprint density at radius 1 is 0.451 bits per heavy atom. The monoisotopic (exact) mass is 1900 g/mol. The maximum absolute atomic E-state index is 4.57. The third kappa shape index (κ3) is 22.5. The molecule has 734 valence electrons. The van der Waals surface area contributed by atoms with Crippen molar-refractivity contribution in [1.29, 1.82) is 0 Å². The first-order chi connectivity index (χ1) is 69.5. The number of aryl methyl sites for hydroxylation is 2. The van der Waals surface area contributed by atoms with Crippen molar-refractivity contribution in [3.63, 3.8) is 0 Å². The van der Waals surface area contributed by atoms with Crippen LogP contribution in [0.3, 0.4) is 0 Å². The summed E-state index contributed by atoms with van der Waals surface area (Å²) in [4.78, 5) is 22.1. The molecule has 6 aromatic carbocycles. The second-order valence-corrected chi connectivity index (χ2v) is 39.9. The van der Waals surface area contributed by atoms with Crippen LogP contribution in [0.25, 0.3) is 76.8 Å². The molecule has 0 saturated heterocycles. The Morgan fingerprint density at radius 3 is 1.51 bits per heavy atom. The van der Waals surface area contributed by atoms with E-state index < -0.39 is 5.54 Å². The number of benzene rings is 6. The van der Waals surface area contributed by atoms with E-state index in [4.69, 9.17) is 0 Å². The van der Waals surface area contributed by atoms with E-state index in [0.29, 0.717) is 30.5 Å². The van der Waals surface area contributed by atoms with Crippen LogP contribution in [-0.2, 0) is 62.9 Å². The molecule has 3 atom stereocenters. The molecular formula is C109H133N33. The van der Waals surface area contributed by atoms with E-state index >= 15 is 0 Å². The molecule has 4 aliphatic rings. The first-order valence-corrected chi connectivity index (χ1v) is 51.0. The summed E-state index contributed by atoms with van der Waals surface area (Å²) in [5.74, 6) is 6.20. The Hall–Kier alpha value is -14.4. The lowest BCUT2D eigenvalue weighted by Gasteiger charge is -2.37. The molecule has 33 nitrogen and oxygen atoms in total. The molecule has 13 aromatic heterocycles. The zero-order valence-corrected chi connectivity index (χ0v) is 82.9. The van der Waals surface area contributed by atoms with Gasteiger partial charge in [0.15, 0.2) is 29.1 Å². The van der Waals surface area contributed by atoms with Crippen molar-refractivity contribution in [1.82, 2.24) is 161 Å². The fourth-order valence-corrected chi connectivity index (χ4v) is 21.2. The number of fused-ring (bicyclic) bond motifs is 6. The van der Waals surface area contributed by atoms with Crippen molar-refractivity contribution in [3.8, 4) is 11.4 Å². The Kier molecular flexibility index (Phi) is 30.6. The SMILES string of the molecule is C1=CCC(C(NCCc2c[nH]c3ccccc23)c2nnnn2Cc2cccnc2)CC1.CC(C)(NCCc1c[nH]c2ccccc12)c1nnnn1C1CCCCC1.CC(C)C(Nc1ccccn1)c1nnnn1C1CCCCC1.Cn1ccc2ccc(-n3nnnc3C(C)(C)NCCc3c[nH]c4ccccc34)cc21.Cn1ccc2ccc(-n3nnnc3C3(NCCc4c[nH]c5ccccc45)CCCCC3)cc21. The van der Waals surface area contributed by atoms with E-state index in [9.17, 15) is 0 Å². The number of tetrazole rings is 5. The van der Waals surface area contributed by atoms with Crippen molar-refractivity contribution in [2.24, 2.45) is 25.9 Å². The Balaban J connectivity index is 0.000000113. The fourth-order valence-electron chi connectivity index (χ4n) is 21.2. The van der Waals surface area contributed by atoms with Gasteiger partial charge < -0.3 is 55.7 Å². The van der Waals surface area contributed by atoms with Gasteiger partial charge >= 0.3 is 0 Å². The van der Waals surface area contributed by atoms with Gasteiger partial charge in [0.25, 0.3) is 0 Å². The lowest BCUT2D eigenvalue weighted by Crippen LogP contribution is -2.47. The number of allylic oxidation sites excluding steroid dienone is 2.